The van der Waals surface area contributed by atoms with Crippen LogP contribution >= 0.6 is 23.2 Å². The van der Waals surface area contributed by atoms with Crippen LogP contribution in [0.1, 0.15) is 32.8 Å². The molecule has 0 fully saturated rings. The highest BCUT2D eigenvalue weighted by Gasteiger charge is 2.29. The van der Waals surface area contributed by atoms with Gasteiger partial charge in [0.2, 0.25) is 5.91 Å². The van der Waals surface area contributed by atoms with Crippen molar-refractivity contribution in [1.82, 2.24) is 10.2 Å². The Hall–Kier alpha value is -2.24. The fourth-order valence-electron chi connectivity index (χ4n) is 2.89. The van der Waals surface area contributed by atoms with Crippen LogP contribution in [0.15, 0.2) is 48.5 Å². The summed E-state index contributed by atoms with van der Waals surface area (Å²) in [4.78, 5) is 27.4. The van der Waals surface area contributed by atoms with E-state index in [1.54, 1.807) is 41.3 Å². The zero-order chi connectivity index (χ0) is 22.1. The maximum absolute atomic E-state index is 13.1. The summed E-state index contributed by atoms with van der Waals surface area (Å²) in [6.07, 6.45) is 0.490. The first kappa shape index (κ1) is 24.0. The lowest BCUT2D eigenvalue weighted by Crippen LogP contribution is -2.50. The van der Waals surface area contributed by atoms with Gasteiger partial charge >= 0.3 is 0 Å². The van der Waals surface area contributed by atoms with Crippen LogP contribution in [-0.2, 0) is 16.1 Å². The van der Waals surface area contributed by atoms with E-state index in [2.05, 4.69) is 5.32 Å². The van der Waals surface area contributed by atoms with E-state index in [1.165, 1.54) is 0 Å². The van der Waals surface area contributed by atoms with Gasteiger partial charge in [-0.15, -0.1) is 0 Å². The van der Waals surface area contributed by atoms with Crippen LogP contribution in [-0.4, -0.2) is 35.9 Å². The second-order valence-electron chi connectivity index (χ2n) is 7.45. The number of carbonyl (C=O) groups excluding carboxylic acids is 2. The molecule has 0 aromatic heterocycles. The highest BCUT2D eigenvalue weighted by atomic mass is 35.5. The highest BCUT2D eigenvalue weighted by molar-refractivity contribution is 6.30. The first-order chi connectivity index (χ1) is 14.3. The van der Waals surface area contributed by atoms with Crippen molar-refractivity contribution in [2.75, 3.05) is 13.2 Å². The van der Waals surface area contributed by atoms with E-state index in [9.17, 15) is 9.59 Å². The van der Waals surface area contributed by atoms with Crippen LogP contribution in [0.3, 0.4) is 0 Å². The molecular formula is C23H28Cl2N2O3. The van der Waals surface area contributed by atoms with Gasteiger partial charge in [-0.2, -0.15) is 0 Å². The Morgan fingerprint density at radius 1 is 1.00 bits per heavy atom. The van der Waals surface area contributed by atoms with E-state index < -0.39 is 6.04 Å². The number of amides is 2. The molecule has 1 atom stereocenters. The predicted octanol–water partition coefficient (Wildman–Crippen LogP) is 4.95. The predicted molar refractivity (Wildman–Crippen MR) is 121 cm³/mol. The average molecular weight is 451 g/mol. The topological polar surface area (TPSA) is 58.6 Å². The molecular weight excluding hydrogens is 423 g/mol. The molecule has 0 unspecified atom stereocenters. The molecule has 0 radical (unpaired) electrons. The first-order valence-corrected chi connectivity index (χ1v) is 10.8. The Morgan fingerprint density at radius 3 is 2.10 bits per heavy atom. The van der Waals surface area contributed by atoms with Crippen molar-refractivity contribution in [3.05, 3.63) is 64.1 Å². The maximum atomic E-state index is 13.1. The van der Waals surface area contributed by atoms with Crippen molar-refractivity contribution in [3.8, 4) is 5.75 Å². The number of benzene rings is 2. The van der Waals surface area contributed by atoms with Crippen molar-refractivity contribution in [2.24, 2.45) is 5.92 Å². The zero-order valence-electron chi connectivity index (χ0n) is 17.5. The lowest BCUT2D eigenvalue weighted by atomic mass is 10.1. The van der Waals surface area contributed by atoms with Gasteiger partial charge in [-0.25, -0.2) is 0 Å². The molecule has 2 aromatic rings. The Labute approximate surface area is 188 Å². The molecule has 0 saturated heterocycles. The van der Waals surface area contributed by atoms with Gasteiger partial charge in [0.05, 0.1) is 0 Å². The number of nitrogens with one attached hydrogen (secondary N) is 1. The van der Waals surface area contributed by atoms with Gasteiger partial charge in [-0.3, -0.25) is 9.59 Å². The van der Waals surface area contributed by atoms with Crippen LogP contribution in [0, 0.1) is 5.92 Å². The average Bonchev–Trinajstić information content (AvgIpc) is 2.72. The van der Waals surface area contributed by atoms with Crippen LogP contribution in [0.5, 0.6) is 5.75 Å². The van der Waals surface area contributed by atoms with Crippen LogP contribution < -0.4 is 10.1 Å². The van der Waals surface area contributed by atoms with Gasteiger partial charge < -0.3 is 15.0 Å². The Balaban J connectivity index is 2.17. The summed E-state index contributed by atoms with van der Waals surface area (Å²) in [5.41, 5.74) is 0.884. The number of nitrogens with zero attached hydrogens (tertiary/aromatic N) is 1. The van der Waals surface area contributed by atoms with Gasteiger partial charge in [-0.1, -0.05) is 56.1 Å². The molecule has 2 rings (SSSR count). The number of carbonyl (C=O) groups is 2. The Kier molecular flexibility index (Phi) is 9.47. The number of rotatable bonds is 10. The SMILES string of the molecule is CC[C@@H](C(=O)NCC(C)C)N(Cc1ccc(Cl)cc1)C(=O)COc1ccc(Cl)cc1. The third kappa shape index (κ3) is 7.54. The first-order valence-electron chi connectivity index (χ1n) is 10.00. The Morgan fingerprint density at radius 2 is 1.57 bits per heavy atom. The van der Waals surface area contributed by atoms with E-state index in [-0.39, 0.29) is 25.0 Å². The molecule has 5 nitrogen and oxygen atoms in total. The summed E-state index contributed by atoms with van der Waals surface area (Å²) >= 11 is 11.9. The van der Waals surface area contributed by atoms with Crippen molar-refractivity contribution < 1.29 is 14.3 Å². The quantitative estimate of drug-likeness (QED) is 0.556. The second kappa shape index (κ2) is 11.8. The minimum atomic E-state index is -0.597. The zero-order valence-corrected chi connectivity index (χ0v) is 19.0. The fraction of sp³-hybridized carbons (Fsp3) is 0.391. The fourth-order valence-corrected chi connectivity index (χ4v) is 3.14. The van der Waals surface area contributed by atoms with E-state index in [0.29, 0.717) is 34.7 Å². The van der Waals surface area contributed by atoms with E-state index in [1.807, 2.05) is 32.9 Å². The van der Waals surface area contributed by atoms with Crippen molar-refractivity contribution in [1.29, 1.82) is 0 Å². The van der Waals surface area contributed by atoms with E-state index in [4.69, 9.17) is 27.9 Å². The monoisotopic (exact) mass is 450 g/mol. The lowest BCUT2D eigenvalue weighted by molar-refractivity contribution is -0.143. The number of hydrogen-bond donors (Lipinski definition) is 1. The third-order valence-electron chi connectivity index (χ3n) is 4.51. The molecule has 0 spiro atoms. The third-order valence-corrected chi connectivity index (χ3v) is 5.02. The molecule has 1 N–H and O–H groups in total. The molecule has 0 saturated carbocycles. The molecule has 7 heteroatoms. The van der Waals surface area contributed by atoms with Crippen molar-refractivity contribution >= 4 is 35.0 Å². The summed E-state index contributed by atoms with van der Waals surface area (Å²) in [7, 11) is 0. The molecule has 0 heterocycles. The smallest absolute Gasteiger partial charge is 0.261 e. The Bertz CT molecular complexity index is 823. The molecule has 30 heavy (non-hydrogen) atoms. The van der Waals surface area contributed by atoms with Gasteiger partial charge in [0.15, 0.2) is 6.61 Å². The standard InChI is InChI=1S/C23H28Cl2N2O3/c1-4-21(23(29)26-13-16(2)3)27(14-17-5-7-18(24)8-6-17)22(28)15-30-20-11-9-19(25)10-12-20/h5-12,16,21H,4,13-15H2,1-3H3,(H,26,29)/t21-/m0/s1. The molecule has 0 aliphatic carbocycles. The van der Waals surface area contributed by atoms with Crippen molar-refractivity contribution in [2.45, 2.75) is 39.8 Å². The second-order valence-corrected chi connectivity index (χ2v) is 8.33. The summed E-state index contributed by atoms with van der Waals surface area (Å²) in [6.45, 7) is 6.60. The normalized spacial score (nSPS) is 11.8. The molecule has 0 aliphatic rings. The summed E-state index contributed by atoms with van der Waals surface area (Å²) < 4.78 is 5.63. The summed E-state index contributed by atoms with van der Waals surface area (Å²) in [6, 6.07) is 13.4. The van der Waals surface area contributed by atoms with Gasteiger partial charge in [0.1, 0.15) is 11.8 Å². The van der Waals surface area contributed by atoms with E-state index in [0.717, 1.165) is 5.56 Å². The van der Waals surface area contributed by atoms with Crippen LogP contribution in [0.25, 0.3) is 0 Å². The maximum Gasteiger partial charge on any atom is 0.261 e. The van der Waals surface area contributed by atoms with Crippen LogP contribution in [0.4, 0.5) is 0 Å². The molecule has 162 valence electrons. The summed E-state index contributed by atoms with van der Waals surface area (Å²) in [5.74, 6) is 0.420. The molecule has 0 bridgehead atoms. The number of ether oxygens (including phenoxy) is 1. The largest absolute Gasteiger partial charge is 0.484 e. The lowest BCUT2D eigenvalue weighted by Gasteiger charge is -2.30. The van der Waals surface area contributed by atoms with Gasteiger partial charge in [-0.05, 0) is 54.3 Å². The molecule has 2 amide bonds. The minimum absolute atomic E-state index is 0.167. The highest BCUT2D eigenvalue weighted by Crippen LogP contribution is 2.18. The minimum Gasteiger partial charge on any atom is -0.484 e. The molecule has 2 aromatic carbocycles. The number of halogens is 2. The van der Waals surface area contributed by atoms with E-state index >= 15 is 0 Å². The van der Waals surface area contributed by atoms with Gasteiger partial charge in [0, 0.05) is 23.1 Å². The summed E-state index contributed by atoms with van der Waals surface area (Å²) in [5, 5.41) is 4.14. The van der Waals surface area contributed by atoms with Crippen LogP contribution in [0.2, 0.25) is 10.0 Å². The van der Waals surface area contributed by atoms with Gasteiger partial charge in [0.25, 0.3) is 5.91 Å². The molecule has 0 aliphatic heterocycles. The van der Waals surface area contributed by atoms with Crippen molar-refractivity contribution in [3.63, 3.8) is 0 Å². The number of hydrogen-bond acceptors (Lipinski definition) is 3.